The molecule has 280 valence electrons. The van der Waals surface area contributed by atoms with Crippen molar-refractivity contribution in [1.82, 2.24) is 0 Å². The van der Waals surface area contributed by atoms with E-state index in [4.69, 9.17) is 19.4 Å². The Bertz CT molecular complexity index is 2450. The summed E-state index contributed by atoms with van der Waals surface area (Å²) in [6.07, 6.45) is 0. The number of nitrogens with two attached hydrogens (primary N) is 1. The number of carbonyl (C=O) groups excluding carboxylic acids is 2. The largest absolute Gasteiger partial charge is 0.505 e. The van der Waals surface area contributed by atoms with Crippen molar-refractivity contribution in [3.8, 4) is 11.5 Å². The Morgan fingerprint density at radius 3 is 2.11 bits per heavy atom. The quantitative estimate of drug-likeness (QED) is 0.0477. The fourth-order valence-corrected chi connectivity index (χ4v) is 6.77. The number of ether oxygens (including phenoxy) is 2. The summed E-state index contributed by atoms with van der Waals surface area (Å²) in [7, 11) is -2.76. The smallest absolute Gasteiger partial charge is 0.340 e. The summed E-state index contributed by atoms with van der Waals surface area (Å²) in [6, 6.07) is 20.0. The summed E-state index contributed by atoms with van der Waals surface area (Å²) < 4.78 is 64.8. The number of carbonyl (C=O) groups is 2. The molecule has 16 nitrogen and oxygen atoms in total. The zero-order valence-corrected chi connectivity index (χ0v) is 31.1. The van der Waals surface area contributed by atoms with Gasteiger partial charge in [0.2, 0.25) is 0 Å². The van der Waals surface area contributed by atoms with Crippen LogP contribution in [-0.2, 0) is 30.9 Å². The molecule has 5 aromatic rings. The average molecular weight is 775 g/mol. The number of nitrogens with zero attached hydrogens (tertiary/aromatic N) is 5. The first-order valence-electron chi connectivity index (χ1n) is 15.9. The highest BCUT2D eigenvalue weighted by Crippen LogP contribution is 2.47. The number of phenols is 1. The number of methoxy groups -OCH3 is 2. The lowest BCUT2D eigenvalue weighted by Gasteiger charge is -2.20. The summed E-state index contributed by atoms with van der Waals surface area (Å²) in [5.74, 6) is -2.09. The molecule has 1 unspecified atom stereocenters. The molecule has 5 rings (SSSR count). The van der Waals surface area contributed by atoms with E-state index in [2.05, 4.69) is 20.5 Å². The first kappa shape index (κ1) is 39.0. The Hall–Kier alpha value is -6.24. The minimum atomic E-state index is -5.02. The Morgan fingerprint density at radius 1 is 0.852 bits per heavy atom. The van der Waals surface area contributed by atoms with Gasteiger partial charge in [-0.25, -0.2) is 9.59 Å². The van der Waals surface area contributed by atoms with Crippen LogP contribution in [0.15, 0.2) is 104 Å². The van der Waals surface area contributed by atoms with Gasteiger partial charge >= 0.3 is 23.2 Å². The van der Waals surface area contributed by atoms with E-state index in [1.165, 1.54) is 18.2 Å². The topological polar surface area (TPSA) is 232 Å². The van der Waals surface area contributed by atoms with Crippen LogP contribution in [0.4, 0.5) is 34.1 Å². The van der Waals surface area contributed by atoms with Gasteiger partial charge in [-0.1, -0.05) is 17.7 Å². The lowest BCUT2D eigenvalue weighted by molar-refractivity contribution is 0.0587. The lowest BCUT2D eigenvalue weighted by atomic mass is 10.0. The molecule has 5 aromatic carbocycles. The van der Waals surface area contributed by atoms with Crippen molar-refractivity contribution >= 4 is 78.2 Å². The highest BCUT2D eigenvalue weighted by atomic mass is 32.2. The first-order valence-corrected chi connectivity index (χ1v) is 18.4. The number of rotatable bonds is 12. The number of hydrogen-bond acceptors (Lipinski definition) is 14. The standard InChI is InChI=1S/C36H34N6O10S2/c1-6-42(25-12-7-20(2)8-13-25)53(46)52-26-14-10-24(11-15-26)38-40-32-21(3)17-23-19-29(54(47,48)49)33(34(43)30(23)31(32)37)41-39-28-18-22(35(44)50-4)9-16-27(28)36(45)51-5/h7-19,43H,6,37H2,1-5H3,(H,47,48,49). The molecule has 0 spiro atoms. The van der Waals surface area contributed by atoms with E-state index >= 15 is 0 Å². The normalized spacial score (nSPS) is 12.3. The summed E-state index contributed by atoms with van der Waals surface area (Å²) in [5, 5.41) is 27.8. The molecule has 0 saturated carbocycles. The maximum Gasteiger partial charge on any atom is 0.340 e. The molecule has 0 saturated heterocycles. The lowest BCUT2D eigenvalue weighted by Crippen LogP contribution is -2.28. The second-order valence-corrected chi connectivity index (χ2v) is 14.0. The van der Waals surface area contributed by atoms with Crippen LogP contribution in [0.1, 0.15) is 38.8 Å². The van der Waals surface area contributed by atoms with Crippen LogP contribution in [0.5, 0.6) is 11.5 Å². The number of aryl methyl sites for hydroxylation is 2. The third-order valence-electron chi connectivity index (χ3n) is 7.96. The molecule has 0 amide bonds. The van der Waals surface area contributed by atoms with Gasteiger partial charge in [-0.15, -0.1) is 15.3 Å². The van der Waals surface area contributed by atoms with Gasteiger partial charge in [-0.3, -0.25) is 8.86 Å². The number of hydrogen-bond donors (Lipinski definition) is 3. The number of anilines is 2. The van der Waals surface area contributed by atoms with Crippen LogP contribution in [0.2, 0.25) is 0 Å². The predicted octanol–water partition coefficient (Wildman–Crippen LogP) is 7.88. The average Bonchev–Trinajstić information content (AvgIpc) is 3.14. The van der Waals surface area contributed by atoms with Gasteiger partial charge in [0.1, 0.15) is 27.7 Å². The van der Waals surface area contributed by atoms with Gasteiger partial charge in [0, 0.05) is 6.54 Å². The highest BCUT2D eigenvalue weighted by Gasteiger charge is 2.25. The molecule has 18 heteroatoms. The SMILES string of the molecule is CCN(c1ccc(C)cc1)S(=O)Oc1ccc(N=Nc2c(C)cc3cc(S(=O)(=O)O)c(N=Nc4cc(C(=O)OC)ccc4C(=O)OC)c(O)c3c2N)cc1. The Kier molecular flexibility index (Phi) is 11.7. The number of azo groups is 2. The number of nitrogen functional groups attached to an aromatic ring is 1. The van der Waals surface area contributed by atoms with E-state index < -0.39 is 49.7 Å². The monoisotopic (exact) mass is 774 g/mol. The summed E-state index contributed by atoms with van der Waals surface area (Å²) in [4.78, 5) is 23.7. The van der Waals surface area contributed by atoms with Gasteiger partial charge in [0.25, 0.3) is 10.1 Å². The van der Waals surface area contributed by atoms with Crippen LogP contribution in [0.25, 0.3) is 10.8 Å². The van der Waals surface area contributed by atoms with Gasteiger partial charge in [0.05, 0.1) is 47.8 Å². The van der Waals surface area contributed by atoms with Gasteiger partial charge < -0.3 is 24.5 Å². The van der Waals surface area contributed by atoms with Crippen molar-refractivity contribution in [2.75, 3.05) is 30.8 Å². The van der Waals surface area contributed by atoms with Crippen molar-refractivity contribution in [2.45, 2.75) is 25.7 Å². The molecule has 0 aliphatic rings. The Labute approximate surface area is 312 Å². The fraction of sp³-hybridized carbons (Fsp3) is 0.167. The summed E-state index contributed by atoms with van der Waals surface area (Å²) in [5.41, 5.74) is 7.96. The molecule has 0 aliphatic heterocycles. The van der Waals surface area contributed by atoms with Crippen LogP contribution >= 0.6 is 0 Å². The maximum absolute atomic E-state index is 13.0. The summed E-state index contributed by atoms with van der Waals surface area (Å²) >= 11 is -1.83. The molecule has 1 atom stereocenters. The highest BCUT2D eigenvalue weighted by molar-refractivity contribution is 7.86. The van der Waals surface area contributed by atoms with E-state index in [0.29, 0.717) is 23.5 Å². The molecule has 0 aromatic heterocycles. The fourth-order valence-electron chi connectivity index (χ4n) is 5.24. The van der Waals surface area contributed by atoms with Crippen LogP contribution < -0.4 is 14.2 Å². The number of aromatic hydroxyl groups is 1. The second kappa shape index (κ2) is 16.2. The molecule has 0 bridgehead atoms. The second-order valence-electron chi connectivity index (χ2n) is 11.5. The number of phenolic OH excluding ortho intramolecular Hbond substituents is 1. The number of fused-ring (bicyclic) bond motifs is 1. The maximum atomic E-state index is 13.0. The van der Waals surface area contributed by atoms with E-state index in [9.17, 15) is 31.9 Å². The molecular formula is C36H34N6O10S2. The Balaban J connectivity index is 1.50. The van der Waals surface area contributed by atoms with Crippen molar-refractivity contribution < 1.29 is 45.5 Å². The van der Waals surface area contributed by atoms with Crippen molar-refractivity contribution in [1.29, 1.82) is 0 Å². The van der Waals surface area contributed by atoms with Crippen molar-refractivity contribution in [3.05, 3.63) is 101 Å². The molecule has 4 N–H and O–H groups in total. The molecule has 0 radical (unpaired) electrons. The van der Waals surface area contributed by atoms with Crippen LogP contribution in [0.3, 0.4) is 0 Å². The van der Waals surface area contributed by atoms with E-state index in [0.717, 1.165) is 37.6 Å². The number of esters is 2. The Morgan fingerprint density at radius 2 is 1.50 bits per heavy atom. The molecular weight excluding hydrogens is 741 g/mol. The van der Waals surface area contributed by atoms with Crippen molar-refractivity contribution in [3.63, 3.8) is 0 Å². The zero-order valence-electron chi connectivity index (χ0n) is 29.5. The first-order chi connectivity index (χ1) is 25.7. The van der Waals surface area contributed by atoms with Crippen LogP contribution in [-0.4, -0.2) is 55.0 Å². The minimum absolute atomic E-state index is 0.0232. The summed E-state index contributed by atoms with van der Waals surface area (Å²) in [6.45, 7) is 5.89. The van der Waals surface area contributed by atoms with Gasteiger partial charge in [-0.2, -0.15) is 17.7 Å². The van der Waals surface area contributed by atoms with E-state index in [1.807, 2.05) is 38.1 Å². The molecule has 0 fully saturated rings. The van der Waals surface area contributed by atoms with Gasteiger partial charge in [-0.05, 0) is 98.5 Å². The third-order valence-corrected chi connectivity index (χ3v) is 9.99. The minimum Gasteiger partial charge on any atom is -0.505 e. The van der Waals surface area contributed by atoms with Gasteiger partial charge in [0.15, 0.2) is 5.75 Å². The molecule has 0 aliphatic carbocycles. The van der Waals surface area contributed by atoms with E-state index in [1.54, 1.807) is 35.5 Å². The zero-order chi connectivity index (χ0) is 39.3. The third kappa shape index (κ3) is 8.35. The van der Waals surface area contributed by atoms with E-state index in [-0.39, 0.29) is 39.0 Å². The van der Waals surface area contributed by atoms with Crippen LogP contribution in [0, 0.1) is 13.8 Å². The molecule has 54 heavy (non-hydrogen) atoms. The predicted molar refractivity (Wildman–Crippen MR) is 201 cm³/mol. The number of benzene rings is 5. The molecule has 0 heterocycles. The van der Waals surface area contributed by atoms with Crippen molar-refractivity contribution in [2.24, 2.45) is 20.5 Å².